The third kappa shape index (κ3) is 4.46. The van der Waals surface area contributed by atoms with Crippen LogP contribution < -0.4 is 4.74 Å². The number of benzene rings is 2. The SMILES string of the molecule is CCOC(=O)Cc1cc(C(=O)c2cccc(F)c2)sc1-c1ccc(OC)cc1. The van der Waals surface area contributed by atoms with Crippen LogP contribution in [0.5, 0.6) is 5.75 Å². The van der Waals surface area contributed by atoms with Crippen LogP contribution in [0.25, 0.3) is 10.4 Å². The molecule has 0 aliphatic rings. The van der Waals surface area contributed by atoms with E-state index in [1.807, 2.05) is 24.3 Å². The van der Waals surface area contributed by atoms with Crippen LogP contribution >= 0.6 is 11.3 Å². The van der Waals surface area contributed by atoms with E-state index >= 15 is 0 Å². The number of halogens is 1. The van der Waals surface area contributed by atoms with Crippen molar-refractivity contribution < 1.29 is 23.5 Å². The highest BCUT2D eigenvalue weighted by atomic mass is 32.1. The Morgan fingerprint density at radius 3 is 2.46 bits per heavy atom. The zero-order valence-corrected chi connectivity index (χ0v) is 16.3. The van der Waals surface area contributed by atoms with Crippen LogP contribution in [-0.4, -0.2) is 25.5 Å². The van der Waals surface area contributed by atoms with Crippen molar-refractivity contribution in [3.05, 3.63) is 76.4 Å². The highest BCUT2D eigenvalue weighted by molar-refractivity contribution is 7.17. The fraction of sp³-hybridized carbons (Fsp3) is 0.182. The minimum atomic E-state index is -0.468. The number of methoxy groups -OCH3 is 1. The lowest BCUT2D eigenvalue weighted by atomic mass is 10.0. The molecule has 28 heavy (non-hydrogen) atoms. The molecule has 0 unspecified atom stereocenters. The molecular formula is C22H19FO4S. The minimum Gasteiger partial charge on any atom is -0.497 e. The van der Waals surface area contributed by atoms with E-state index in [-0.39, 0.29) is 30.3 Å². The number of ketones is 1. The van der Waals surface area contributed by atoms with Gasteiger partial charge in [0.2, 0.25) is 5.78 Å². The lowest BCUT2D eigenvalue weighted by molar-refractivity contribution is -0.142. The molecule has 2 aromatic carbocycles. The summed E-state index contributed by atoms with van der Waals surface area (Å²) in [6, 6.07) is 14.6. The molecule has 0 atom stereocenters. The quantitative estimate of drug-likeness (QED) is 0.420. The first-order chi connectivity index (χ1) is 13.5. The van der Waals surface area contributed by atoms with Gasteiger partial charge < -0.3 is 9.47 Å². The molecule has 4 nitrogen and oxygen atoms in total. The predicted molar refractivity (Wildman–Crippen MR) is 106 cm³/mol. The Balaban J connectivity index is 2.01. The van der Waals surface area contributed by atoms with Crippen molar-refractivity contribution in [2.24, 2.45) is 0 Å². The maximum Gasteiger partial charge on any atom is 0.310 e. The van der Waals surface area contributed by atoms with Crippen molar-refractivity contribution >= 4 is 23.1 Å². The van der Waals surface area contributed by atoms with Gasteiger partial charge in [-0.05, 0) is 60.5 Å². The number of rotatable bonds is 7. The van der Waals surface area contributed by atoms with Crippen LogP contribution in [-0.2, 0) is 16.0 Å². The third-order valence-electron chi connectivity index (χ3n) is 4.11. The zero-order valence-electron chi connectivity index (χ0n) is 15.5. The summed E-state index contributed by atoms with van der Waals surface area (Å²) < 4.78 is 23.7. The Hall–Kier alpha value is -2.99. The molecule has 0 fully saturated rings. The summed E-state index contributed by atoms with van der Waals surface area (Å²) in [5.41, 5.74) is 1.84. The predicted octanol–water partition coefficient (Wildman–Crippen LogP) is 4.90. The molecule has 0 amide bonds. The second-order valence-electron chi connectivity index (χ2n) is 6.01. The summed E-state index contributed by atoms with van der Waals surface area (Å²) in [6.45, 7) is 2.03. The van der Waals surface area contributed by atoms with Gasteiger partial charge in [0.25, 0.3) is 0 Å². The number of hydrogen-bond donors (Lipinski definition) is 0. The number of carbonyl (C=O) groups is 2. The summed E-state index contributed by atoms with van der Waals surface area (Å²) >= 11 is 1.27. The average molecular weight is 398 g/mol. The summed E-state index contributed by atoms with van der Waals surface area (Å²) in [4.78, 5) is 26.1. The normalized spacial score (nSPS) is 10.5. The van der Waals surface area contributed by atoms with Crippen molar-refractivity contribution in [1.29, 1.82) is 0 Å². The number of carbonyl (C=O) groups excluding carboxylic acids is 2. The van der Waals surface area contributed by atoms with E-state index in [9.17, 15) is 14.0 Å². The van der Waals surface area contributed by atoms with E-state index < -0.39 is 5.82 Å². The van der Waals surface area contributed by atoms with Crippen LogP contribution in [0.3, 0.4) is 0 Å². The second-order valence-corrected chi connectivity index (χ2v) is 7.07. The van der Waals surface area contributed by atoms with Crippen LogP contribution in [0, 0.1) is 5.82 Å². The van der Waals surface area contributed by atoms with Gasteiger partial charge in [-0.1, -0.05) is 12.1 Å². The Bertz CT molecular complexity index is 992. The van der Waals surface area contributed by atoms with Crippen molar-refractivity contribution in [2.75, 3.05) is 13.7 Å². The highest BCUT2D eigenvalue weighted by Gasteiger charge is 2.20. The van der Waals surface area contributed by atoms with E-state index in [1.165, 1.54) is 29.5 Å². The molecule has 3 aromatic rings. The molecule has 0 saturated carbocycles. The molecule has 144 valence electrons. The molecule has 0 radical (unpaired) electrons. The minimum absolute atomic E-state index is 0.0577. The van der Waals surface area contributed by atoms with Gasteiger partial charge in [-0.25, -0.2) is 4.39 Å². The second kappa shape index (κ2) is 8.80. The molecule has 0 aliphatic heterocycles. The van der Waals surface area contributed by atoms with Crippen LogP contribution in [0.2, 0.25) is 0 Å². The van der Waals surface area contributed by atoms with Gasteiger partial charge in [-0.2, -0.15) is 0 Å². The zero-order chi connectivity index (χ0) is 20.1. The summed E-state index contributed by atoms with van der Waals surface area (Å²) in [6.07, 6.45) is 0.0577. The van der Waals surface area contributed by atoms with Crippen molar-refractivity contribution in [2.45, 2.75) is 13.3 Å². The molecule has 0 spiro atoms. The fourth-order valence-electron chi connectivity index (χ4n) is 2.80. The highest BCUT2D eigenvalue weighted by Crippen LogP contribution is 2.35. The van der Waals surface area contributed by atoms with Gasteiger partial charge in [-0.15, -0.1) is 11.3 Å². The molecular weight excluding hydrogens is 379 g/mol. The van der Waals surface area contributed by atoms with Crippen molar-refractivity contribution in [3.63, 3.8) is 0 Å². The monoisotopic (exact) mass is 398 g/mol. The molecule has 0 N–H and O–H groups in total. The lowest BCUT2D eigenvalue weighted by Gasteiger charge is -2.05. The molecule has 0 bridgehead atoms. The number of thiophene rings is 1. The summed E-state index contributed by atoms with van der Waals surface area (Å²) in [5.74, 6) is -0.401. The van der Waals surface area contributed by atoms with E-state index in [0.717, 1.165) is 10.4 Å². The van der Waals surface area contributed by atoms with E-state index in [1.54, 1.807) is 26.2 Å². The molecule has 1 heterocycles. The first-order valence-corrected chi connectivity index (χ1v) is 9.56. The Morgan fingerprint density at radius 2 is 1.82 bits per heavy atom. The van der Waals surface area contributed by atoms with Gasteiger partial charge in [-0.3, -0.25) is 9.59 Å². The van der Waals surface area contributed by atoms with Gasteiger partial charge in [0.1, 0.15) is 11.6 Å². The van der Waals surface area contributed by atoms with Crippen molar-refractivity contribution in [1.82, 2.24) is 0 Å². The molecule has 1 aromatic heterocycles. The van der Waals surface area contributed by atoms with Crippen LogP contribution in [0.4, 0.5) is 4.39 Å². The number of hydrogen-bond acceptors (Lipinski definition) is 5. The third-order valence-corrected chi connectivity index (χ3v) is 5.34. The fourth-order valence-corrected chi connectivity index (χ4v) is 3.95. The number of ether oxygens (including phenoxy) is 2. The van der Waals surface area contributed by atoms with Gasteiger partial charge >= 0.3 is 5.97 Å². The summed E-state index contributed by atoms with van der Waals surface area (Å²) in [7, 11) is 1.59. The number of esters is 1. The Labute approximate surface area is 166 Å². The standard InChI is InChI=1S/C22H19FO4S/c1-3-27-20(24)13-16-12-19(21(25)15-5-4-6-17(23)11-15)28-22(16)14-7-9-18(26-2)10-8-14/h4-12H,3,13H2,1-2H3. The maximum atomic E-state index is 13.5. The molecule has 6 heteroatoms. The van der Waals surface area contributed by atoms with E-state index in [2.05, 4.69) is 0 Å². The molecule has 0 aliphatic carbocycles. The first kappa shape index (κ1) is 19.8. The molecule has 3 rings (SSSR count). The smallest absolute Gasteiger partial charge is 0.310 e. The van der Waals surface area contributed by atoms with Crippen LogP contribution in [0.15, 0.2) is 54.6 Å². The van der Waals surface area contributed by atoms with E-state index in [0.29, 0.717) is 16.2 Å². The average Bonchev–Trinajstić information content (AvgIpc) is 3.11. The summed E-state index contributed by atoms with van der Waals surface area (Å²) in [5, 5.41) is 0. The van der Waals surface area contributed by atoms with Gasteiger partial charge in [0.05, 0.1) is 25.0 Å². The Kier molecular flexibility index (Phi) is 6.21. The van der Waals surface area contributed by atoms with Crippen LogP contribution in [0.1, 0.15) is 27.7 Å². The molecule has 0 saturated heterocycles. The van der Waals surface area contributed by atoms with E-state index in [4.69, 9.17) is 9.47 Å². The van der Waals surface area contributed by atoms with Gasteiger partial charge in [0.15, 0.2) is 0 Å². The lowest BCUT2D eigenvalue weighted by Crippen LogP contribution is -2.07. The van der Waals surface area contributed by atoms with Gasteiger partial charge in [0, 0.05) is 10.4 Å². The Morgan fingerprint density at radius 1 is 1.07 bits per heavy atom. The largest absolute Gasteiger partial charge is 0.497 e. The topological polar surface area (TPSA) is 52.6 Å². The maximum absolute atomic E-state index is 13.5. The van der Waals surface area contributed by atoms with Crippen molar-refractivity contribution in [3.8, 4) is 16.2 Å². The first-order valence-electron chi connectivity index (χ1n) is 8.74.